The molecule has 6 nitrogen and oxygen atoms in total. The topological polar surface area (TPSA) is 92.4 Å². The zero-order valence-electron chi connectivity index (χ0n) is 8.98. The van der Waals surface area contributed by atoms with E-state index in [0.717, 1.165) is 5.56 Å². The van der Waals surface area contributed by atoms with Crippen molar-refractivity contribution < 1.29 is 19.2 Å². The standard InChI is InChI=1S/C10H12N2O4/c1-4-5(2)12-16-9(4)11-8(13)6-3-7(6)10(14)15/h6-7H,3H2,1-2H3,(H,11,13)(H,14,15)/t6-,7+/m1/s1. The molecule has 1 aromatic rings. The van der Waals surface area contributed by atoms with Crippen LogP contribution in [-0.4, -0.2) is 22.1 Å². The van der Waals surface area contributed by atoms with Crippen molar-refractivity contribution in [1.82, 2.24) is 5.16 Å². The minimum atomic E-state index is -0.925. The molecule has 0 aromatic carbocycles. The molecule has 0 unspecified atom stereocenters. The third kappa shape index (κ3) is 1.78. The van der Waals surface area contributed by atoms with Gasteiger partial charge in [0.1, 0.15) is 0 Å². The summed E-state index contributed by atoms with van der Waals surface area (Å²) in [7, 11) is 0. The zero-order valence-corrected chi connectivity index (χ0v) is 8.98. The summed E-state index contributed by atoms with van der Waals surface area (Å²) in [5.74, 6) is -1.93. The van der Waals surface area contributed by atoms with Crippen LogP contribution < -0.4 is 5.32 Å². The number of carboxylic acids is 1. The van der Waals surface area contributed by atoms with E-state index in [1.807, 2.05) is 0 Å². The number of hydrogen-bond acceptors (Lipinski definition) is 4. The van der Waals surface area contributed by atoms with Gasteiger partial charge < -0.3 is 9.63 Å². The fraction of sp³-hybridized carbons (Fsp3) is 0.500. The summed E-state index contributed by atoms with van der Waals surface area (Å²) in [6.07, 6.45) is 0.396. The van der Waals surface area contributed by atoms with E-state index in [4.69, 9.17) is 9.63 Å². The van der Waals surface area contributed by atoms with Crippen molar-refractivity contribution in [1.29, 1.82) is 0 Å². The minimum Gasteiger partial charge on any atom is -0.481 e. The maximum absolute atomic E-state index is 11.6. The van der Waals surface area contributed by atoms with Crippen LogP contribution in [0.15, 0.2) is 4.52 Å². The first-order valence-corrected chi connectivity index (χ1v) is 4.97. The molecule has 86 valence electrons. The Labute approximate surface area is 91.6 Å². The fourth-order valence-electron chi connectivity index (χ4n) is 1.49. The van der Waals surface area contributed by atoms with Crippen molar-refractivity contribution in [3.05, 3.63) is 11.3 Å². The largest absolute Gasteiger partial charge is 0.481 e. The molecule has 1 amide bonds. The second-order valence-electron chi connectivity index (χ2n) is 4.00. The first-order chi connectivity index (χ1) is 7.50. The van der Waals surface area contributed by atoms with E-state index in [-0.39, 0.29) is 5.91 Å². The monoisotopic (exact) mass is 224 g/mol. The summed E-state index contributed by atoms with van der Waals surface area (Å²) >= 11 is 0. The highest BCUT2D eigenvalue weighted by atomic mass is 16.5. The van der Waals surface area contributed by atoms with E-state index in [1.165, 1.54) is 0 Å². The van der Waals surface area contributed by atoms with Crippen molar-refractivity contribution >= 4 is 17.8 Å². The lowest BCUT2D eigenvalue weighted by atomic mass is 10.2. The molecular weight excluding hydrogens is 212 g/mol. The van der Waals surface area contributed by atoms with Gasteiger partial charge in [0.25, 0.3) is 0 Å². The molecule has 0 radical (unpaired) electrons. The Balaban J connectivity index is 1.99. The minimum absolute atomic E-state index is 0.304. The fourth-order valence-corrected chi connectivity index (χ4v) is 1.49. The number of aromatic nitrogens is 1. The highest BCUT2D eigenvalue weighted by molar-refractivity contribution is 5.97. The number of amides is 1. The maximum Gasteiger partial charge on any atom is 0.307 e. The van der Waals surface area contributed by atoms with E-state index in [2.05, 4.69) is 10.5 Å². The van der Waals surface area contributed by atoms with Crippen LogP contribution in [0.25, 0.3) is 0 Å². The molecule has 1 aliphatic carbocycles. The third-order valence-corrected chi connectivity index (χ3v) is 2.84. The molecule has 0 bridgehead atoms. The van der Waals surface area contributed by atoms with Crippen LogP contribution in [0.1, 0.15) is 17.7 Å². The second-order valence-corrected chi connectivity index (χ2v) is 4.00. The van der Waals surface area contributed by atoms with E-state index >= 15 is 0 Å². The first kappa shape index (κ1) is 10.7. The lowest BCUT2D eigenvalue weighted by Gasteiger charge is -2.00. The predicted molar refractivity (Wildman–Crippen MR) is 53.8 cm³/mol. The number of nitrogens with one attached hydrogen (secondary N) is 1. The Bertz CT molecular complexity index is 452. The van der Waals surface area contributed by atoms with E-state index in [0.29, 0.717) is 18.0 Å². The molecule has 1 aliphatic rings. The summed E-state index contributed by atoms with van der Waals surface area (Å²) in [6, 6.07) is 0. The summed E-state index contributed by atoms with van der Waals surface area (Å²) in [5.41, 5.74) is 1.47. The van der Waals surface area contributed by atoms with Crippen LogP contribution in [0.5, 0.6) is 0 Å². The van der Waals surface area contributed by atoms with Gasteiger partial charge in [0.15, 0.2) is 0 Å². The molecule has 16 heavy (non-hydrogen) atoms. The molecule has 1 aromatic heterocycles. The molecule has 2 atom stereocenters. The van der Waals surface area contributed by atoms with Gasteiger partial charge in [-0.2, -0.15) is 0 Å². The van der Waals surface area contributed by atoms with Gasteiger partial charge in [-0.3, -0.25) is 14.9 Å². The number of hydrogen-bond donors (Lipinski definition) is 2. The summed E-state index contributed by atoms with van der Waals surface area (Å²) < 4.78 is 4.91. The zero-order chi connectivity index (χ0) is 11.9. The van der Waals surface area contributed by atoms with Crippen molar-refractivity contribution in [3.63, 3.8) is 0 Å². The van der Waals surface area contributed by atoms with Crippen molar-refractivity contribution in [2.45, 2.75) is 20.3 Å². The molecular formula is C10H12N2O4. The number of anilines is 1. The van der Waals surface area contributed by atoms with Crippen LogP contribution in [-0.2, 0) is 9.59 Å². The van der Waals surface area contributed by atoms with Crippen LogP contribution in [0.2, 0.25) is 0 Å². The lowest BCUT2D eigenvalue weighted by Crippen LogP contribution is -2.16. The number of aliphatic carboxylic acids is 1. The molecule has 2 rings (SSSR count). The predicted octanol–water partition coefficient (Wildman–Crippen LogP) is 0.951. The van der Waals surface area contributed by atoms with Crippen molar-refractivity contribution in [2.24, 2.45) is 11.8 Å². The van der Waals surface area contributed by atoms with Gasteiger partial charge in [-0.1, -0.05) is 5.16 Å². The number of carbonyl (C=O) groups excluding carboxylic acids is 1. The summed E-state index contributed by atoms with van der Waals surface area (Å²) in [4.78, 5) is 22.2. The Morgan fingerprint density at radius 3 is 2.56 bits per heavy atom. The van der Waals surface area contributed by atoms with Gasteiger partial charge in [-0.05, 0) is 20.3 Å². The Morgan fingerprint density at radius 1 is 1.44 bits per heavy atom. The molecule has 1 fully saturated rings. The van der Waals surface area contributed by atoms with Crippen LogP contribution in [0.4, 0.5) is 5.88 Å². The van der Waals surface area contributed by atoms with Gasteiger partial charge >= 0.3 is 5.97 Å². The highest BCUT2D eigenvalue weighted by Gasteiger charge is 2.48. The Morgan fingerprint density at radius 2 is 2.12 bits per heavy atom. The number of carbonyl (C=O) groups is 2. The van der Waals surface area contributed by atoms with E-state index in [1.54, 1.807) is 13.8 Å². The van der Waals surface area contributed by atoms with E-state index in [9.17, 15) is 9.59 Å². The average molecular weight is 224 g/mol. The molecule has 0 aliphatic heterocycles. The molecule has 0 spiro atoms. The second kappa shape index (κ2) is 3.62. The average Bonchev–Trinajstić information content (AvgIpc) is 2.97. The van der Waals surface area contributed by atoms with Gasteiger partial charge in [0.2, 0.25) is 11.8 Å². The van der Waals surface area contributed by atoms with Crippen LogP contribution >= 0.6 is 0 Å². The quantitative estimate of drug-likeness (QED) is 0.797. The van der Waals surface area contributed by atoms with Crippen LogP contribution in [0, 0.1) is 25.7 Å². The Hall–Kier alpha value is -1.85. The summed E-state index contributed by atoms with van der Waals surface area (Å²) in [5, 5.41) is 14.9. The van der Waals surface area contributed by atoms with Crippen LogP contribution in [0.3, 0.4) is 0 Å². The molecule has 1 heterocycles. The lowest BCUT2D eigenvalue weighted by molar-refractivity contribution is -0.139. The Kier molecular flexibility index (Phi) is 2.41. The van der Waals surface area contributed by atoms with Crippen molar-refractivity contribution in [3.8, 4) is 0 Å². The maximum atomic E-state index is 11.6. The normalized spacial score (nSPS) is 22.9. The van der Waals surface area contributed by atoms with Gasteiger partial charge in [0.05, 0.1) is 17.5 Å². The van der Waals surface area contributed by atoms with Crippen molar-refractivity contribution in [2.75, 3.05) is 5.32 Å². The molecule has 0 saturated heterocycles. The van der Waals surface area contributed by atoms with Gasteiger partial charge in [0, 0.05) is 5.56 Å². The number of rotatable bonds is 3. The number of carboxylic acid groups (broad SMARTS) is 1. The first-order valence-electron chi connectivity index (χ1n) is 4.97. The summed E-state index contributed by atoms with van der Waals surface area (Å²) in [6.45, 7) is 3.55. The molecule has 1 saturated carbocycles. The smallest absolute Gasteiger partial charge is 0.307 e. The number of aryl methyl sites for hydroxylation is 1. The molecule has 2 N–H and O–H groups in total. The SMILES string of the molecule is Cc1noc(NC(=O)[C@@H]2C[C@@H]2C(=O)O)c1C. The third-order valence-electron chi connectivity index (χ3n) is 2.84. The highest BCUT2D eigenvalue weighted by Crippen LogP contribution is 2.39. The molecule has 6 heteroatoms. The van der Waals surface area contributed by atoms with E-state index < -0.39 is 17.8 Å². The van der Waals surface area contributed by atoms with Gasteiger partial charge in [-0.15, -0.1) is 0 Å². The van der Waals surface area contributed by atoms with Gasteiger partial charge in [-0.25, -0.2) is 0 Å². The number of nitrogens with zero attached hydrogens (tertiary/aromatic N) is 1.